The first-order valence-corrected chi connectivity index (χ1v) is 5.28. The number of anilines is 2. The highest BCUT2D eigenvalue weighted by Crippen LogP contribution is 2.10. The fraction of sp³-hybridized carbons (Fsp3) is 0.167. The molecule has 0 fully saturated rings. The van der Waals surface area contributed by atoms with Gasteiger partial charge in [-0.3, -0.25) is 4.79 Å². The molecular weight excluding hydrogens is 218 g/mol. The Morgan fingerprint density at radius 1 is 1.47 bits per heavy atom. The van der Waals surface area contributed by atoms with Crippen LogP contribution in [0.1, 0.15) is 12.0 Å². The minimum absolute atomic E-state index is 0.0735. The number of nitrogen functional groups attached to an aromatic ring is 1. The van der Waals surface area contributed by atoms with Gasteiger partial charge in [0.05, 0.1) is 6.20 Å². The Morgan fingerprint density at radius 2 is 2.35 bits per heavy atom. The zero-order chi connectivity index (χ0) is 12.1. The molecule has 0 radical (unpaired) electrons. The van der Waals surface area contributed by atoms with Crippen LogP contribution in [0.2, 0.25) is 0 Å². The normalized spacial score (nSPS) is 10.1. The number of hydrogen-bond donors (Lipinski definition) is 2. The molecule has 0 unspecified atom stereocenters. The highest BCUT2D eigenvalue weighted by molar-refractivity contribution is 5.90. The molecule has 88 valence electrons. The van der Waals surface area contributed by atoms with Crippen LogP contribution >= 0.6 is 0 Å². The summed E-state index contributed by atoms with van der Waals surface area (Å²) in [5.41, 5.74) is 7.98. The zero-order valence-electron chi connectivity index (χ0n) is 9.22. The molecule has 0 aliphatic rings. The summed E-state index contributed by atoms with van der Waals surface area (Å²) >= 11 is 0. The fourth-order valence-electron chi connectivity index (χ4n) is 1.50. The maximum absolute atomic E-state index is 11.6. The number of carbonyl (C=O) groups is 1. The molecule has 0 aliphatic carbocycles. The van der Waals surface area contributed by atoms with E-state index in [4.69, 9.17) is 5.73 Å². The van der Waals surface area contributed by atoms with Crippen LogP contribution in [0.15, 0.2) is 41.2 Å². The third kappa shape index (κ3) is 3.34. The van der Waals surface area contributed by atoms with Gasteiger partial charge in [0, 0.05) is 12.1 Å². The predicted octanol–water partition coefficient (Wildman–Crippen LogP) is 1.83. The van der Waals surface area contributed by atoms with Gasteiger partial charge in [-0.1, -0.05) is 17.3 Å². The highest BCUT2D eigenvalue weighted by atomic mass is 16.5. The van der Waals surface area contributed by atoms with Gasteiger partial charge in [0.2, 0.25) is 5.91 Å². The Kier molecular flexibility index (Phi) is 3.40. The average molecular weight is 231 g/mol. The Hall–Kier alpha value is -2.30. The molecule has 0 atom stereocenters. The summed E-state index contributed by atoms with van der Waals surface area (Å²) in [7, 11) is 0. The van der Waals surface area contributed by atoms with E-state index in [-0.39, 0.29) is 5.91 Å². The standard InChI is InChI=1S/C12H13N3O2/c13-10-3-1-2-9(6-10)4-5-12(16)15-11-7-14-17-8-11/h1-3,6-8H,4-5,13H2,(H,15,16). The Labute approximate surface area is 98.6 Å². The first kappa shape index (κ1) is 11.2. The lowest BCUT2D eigenvalue weighted by Crippen LogP contribution is -2.11. The number of hydrogen-bond acceptors (Lipinski definition) is 4. The second-order valence-corrected chi connectivity index (χ2v) is 3.71. The van der Waals surface area contributed by atoms with Crippen LogP contribution < -0.4 is 11.1 Å². The number of carbonyl (C=O) groups excluding carboxylic acids is 1. The van der Waals surface area contributed by atoms with Gasteiger partial charge in [0.15, 0.2) is 0 Å². The van der Waals surface area contributed by atoms with Crippen LogP contribution in [-0.4, -0.2) is 11.1 Å². The van der Waals surface area contributed by atoms with Gasteiger partial charge in [-0.15, -0.1) is 0 Å². The lowest BCUT2D eigenvalue weighted by Gasteiger charge is -2.03. The second kappa shape index (κ2) is 5.16. The minimum atomic E-state index is -0.0735. The van der Waals surface area contributed by atoms with Crippen LogP contribution in [-0.2, 0) is 11.2 Å². The summed E-state index contributed by atoms with van der Waals surface area (Å²) in [6, 6.07) is 7.51. The van der Waals surface area contributed by atoms with Crippen molar-refractivity contribution in [2.45, 2.75) is 12.8 Å². The van der Waals surface area contributed by atoms with Gasteiger partial charge in [0.1, 0.15) is 12.0 Å². The summed E-state index contributed by atoms with van der Waals surface area (Å²) in [5.74, 6) is -0.0735. The molecule has 1 amide bonds. The summed E-state index contributed by atoms with van der Waals surface area (Å²) < 4.78 is 4.61. The van der Waals surface area contributed by atoms with Gasteiger partial charge >= 0.3 is 0 Å². The topological polar surface area (TPSA) is 81.2 Å². The Bertz CT molecular complexity index is 494. The second-order valence-electron chi connectivity index (χ2n) is 3.71. The summed E-state index contributed by atoms with van der Waals surface area (Å²) in [4.78, 5) is 11.6. The first-order valence-electron chi connectivity index (χ1n) is 5.28. The number of aromatic nitrogens is 1. The molecule has 0 saturated carbocycles. The van der Waals surface area contributed by atoms with Gasteiger partial charge in [0.25, 0.3) is 0 Å². The molecular formula is C12H13N3O2. The number of rotatable bonds is 4. The maximum atomic E-state index is 11.6. The number of benzene rings is 1. The molecule has 0 spiro atoms. The summed E-state index contributed by atoms with van der Waals surface area (Å²) in [6.45, 7) is 0. The van der Waals surface area contributed by atoms with Crippen LogP contribution in [0, 0.1) is 0 Å². The molecule has 2 rings (SSSR count). The molecule has 0 aliphatic heterocycles. The molecule has 1 aromatic carbocycles. The molecule has 5 nitrogen and oxygen atoms in total. The largest absolute Gasteiger partial charge is 0.399 e. The number of aryl methyl sites for hydroxylation is 1. The fourth-order valence-corrected chi connectivity index (χ4v) is 1.50. The van der Waals surface area contributed by atoms with Gasteiger partial charge in [-0.2, -0.15) is 0 Å². The molecule has 0 saturated heterocycles. The molecule has 2 aromatic rings. The van der Waals surface area contributed by atoms with Crippen molar-refractivity contribution in [1.29, 1.82) is 0 Å². The predicted molar refractivity (Wildman–Crippen MR) is 64.3 cm³/mol. The van der Waals surface area contributed by atoms with Crippen LogP contribution in [0.25, 0.3) is 0 Å². The number of amides is 1. The van der Waals surface area contributed by atoms with E-state index in [9.17, 15) is 4.79 Å². The van der Waals surface area contributed by atoms with Crippen molar-refractivity contribution in [3.63, 3.8) is 0 Å². The first-order chi connectivity index (χ1) is 8.24. The van der Waals surface area contributed by atoms with E-state index >= 15 is 0 Å². The average Bonchev–Trinajstić information content (AvgIpc) is 2.79. The van der Waals surface area contributed by atoms with Crippen molar-refractivity contribution in [2.75, 3.05) is 11.1 Å². The molecule has 3 N–H and O–H groups in total. The van der Waals surface area contributed by atoms with Gasteiger partial charge in [-0.05, 0) is 24.1 Å². The smallest absolute Gasteiger partial charge is 0.224 e. The summed E-state index contributed by atoms with van der Waals surface area (Å²) in [6.07, 6.45) is 3.90. The third-order valence-electron chi connectivity index (χ3n) is 2.31. The Morgan fingerprint density at radius 3 is 3.06 bits per heavy atom. The van der Waals surface area contributed by atoms with E-state index in [1.54, 1.807) is 0 Å². The molecule has 17 heavy (non-hydrogen) atoms. The van der Waals surface area contributed by atoms with E-state index in [1.807, 2.05) is 24.3 Å². The van der Waals surface area contributed by atoms with Gasteiger partial charge < -0.3 is 15.6 Å². The highest BCUT2D eigenvalue weighted by Gasteiger charge is 2.04. The van der Waals surface area contributed by atoms with Crippen molar-refractivity contribution in [1.82, 2.24) is 5.16 Å². The molecule has 1 heterocycles. The van der Waals surface area contributed by atoms with Crippen molar-refractivity contribution in [3.8, 4) is 0 Å². The van der Waals surface area contributed by atoms with Crippen LogP contribution in [0.5, 0.6) is 0 Å². The molecule has 5 heteroatoms. The molecule has 1 aromatic heterocycles. The van der Waals surface area contributed by atoms with Crippen LogP contribution in [0.3, 0.4) is 0 Å². The number of nitrogens with two attached hydrogens (primary N) is 1. The Balaban J connectivity index is 1.84. The van der Waals surface area contributed by atoms with E-state index in [1.165, 1.54) is 12.5 Å². The quantitative estimate of drug-likeness (QED) is 0.786. The van der Waals surface area contributed by atoms with Crippen molar-refractivity contribution >= 4 is 17.3 Å². The molecule has 0 bridgehead atoms. The summed E-state index contributed by atoms with van der Waals surface area (Å²) in [5, 5.41) is 6.18. The number of nitrogens with zero attached hydrogens (tertiary/aromatic N) is 1. The van der Waals surface area contributed by atoms with Crippen molar-refractivity contribution in [3.05, 3.63) is 42.3 Å². The lowest BCUT2D eigenvalue weighted by molar-refractivity contribution is -0.116. The van der Waals surface area contributed by atoms with Crippen molar-refractivity contribution < 1.29 is 9.32 Å². The van der Waals surface area contributed by atoms with Crippen molar-refractivity contribution in [2.24, 2.45) is 0 Å². The van der Waals surface area contributed by atoms with E-state index in [0.29, 0.717) is 24.2 Å². The lowest BCUT2D eigenvalue weighted by atomic mass is 10.1. The SMILES string of the molecule is Nc1cccc(CCC(=O)Nc2cnoc2)c1. The zero-order valence-corrected chi connectivity index (χ0v) is 9.22. The minimum Gasteiger partial charge on any atom is -0.399 e. The van der Waals surface area contributed by atoms with E-state index < -0.39 is 0 Å². The number of nitrogens with one attached hydrogen (secondary N) is 1. The van der Waals surface area contributed by atoms with E-state index in [0.717, 1.165) is 5.56 Å². The van der Waals surface area contributed by atoms with Gasteiger partial charge in [-0.25, -0.2) is 0 Å². The monoisotopic (exact) mass is 231 g/mol. The third-order valence-corrected chi connectivity index (χ3v) is 2.31. The van der Waals surface area contributed by atoms with Crippen LogP contribution in [0.4, 0.5) is 11.4 Å². The van der Waals surface area contributed by atoms with E-state index in [2.05, 4.69) is 15.0 Å². The maximum Gasteiger partial charge on any atom is 0.224 e.